The lowest BCUT2D eigenvalue weighted by molar-refractivity contribution is -0.124. The van der Waals surface area contributed by atoms with Gasteiger partial charge in [0.05, 0.1) is 11.6 Å². The van der Waals surface area contributed by atoms with Crippen LogP contribution in [0.3, 0.4) is 0 Å². The molecule has 0 radical (unpaired) electrons. The van der Waals surface area contributed by atoms with Crippen molar-refractivity contribution in [2.45, 2.75) is 32.8 Å². The Morgan fingerprint density at radius 1 is 1.21 bits per heavy atom. The van der Waals surface area contributed by atoms with Gasteiger partial charge in [0.2, 0.25) is 0 Å². The molecule has 120 valence electrons. The molecule has 2 aromatic rings. The van der Waals surface area contributed by atoms with Crippen molar-refractivity contribution in [3.63, 3.8) is 0 Å². The summed E-state index contributed by atoms with van der Waals surface area (Å²) in [6, 6.07) is 11.8. The van der Waals surface area contributed by atoms with Crippen LogP contribution in [0.15, 0.2) is 30.3 Å². The second-order valence-electron chi connectivity index (χ2n) is 6.55. The van der Waals surface area contributed by atoms with Crippen LogP contribution in [-0.4, -0.2) is 18.6 Å². The molecule has 4 rings (SSSR count). The molecule has 0 saturated heterocycles. The second-order valence-corrected chi connectivity index (χ2v) is 6.55. The first kappa shape index (κ1) is 14.8. The molecule has 1 atom stereocenters. The van der Waals surface area contributed by atoms with E-state index in [1.807, 2.05) is 19.1 Å². The molecule has 2 aliphatic rings. The zero-order valence-electron chi connectivity index (χ0n) is 13.8. The van der Waals surface area contributed by atoms with Crippen LogP contribution in [0.25, 0.3) is 0 Å². The van der Waals surface area contributed by atoms with Crippen molar-refractivity contribution < 1.29 is 9.53 Å². The smallest absolute Gasteiger partial charge is 0.268 e. The van der Waals surface area contributed by atoms with Crippen LogP contribution in [0.5, 0.6) is 5.75 Å². The van der Waals surface area contributed by atoms with Crippen molar-refractivity contribution in [1.29, 1.82) is 5.26 Å². The highest BCUT2D eigenvalue weighted by molar-refractivity contribution is 5.99. The molecule has 1 unspecified atom stereocenters. The minimum Gasteiger partial charge on any atom is -0.480 e. The molecular formula is C20H18N2O2. The molecule has 0 aliphatic carbocycles. The molecular weight excluding hydrogens is 300 g/mol. The van der Waals surface area contributed by atoms with Gasteiger partial charge in [0.15, 0.2) is 6.10 Å². The molecule has 24 heavy (non-hydrogen) atoms. The number of nitriles is 1. The summed E-state index contributed by atoms with van der Waals surface area (Å²) in [7, 11) is 0. The fourth-order valence-electron chi connectivity index (χ4n) is 3.50. The van der Waals surface area contributed by atoms with E-state index in [4.69, 9.17) is 10.00 Å². The Morgan fingerprint density at radius 2 is 2.00 bits per heavy atom. The van der Waals surface area contributed by atoms with E-state index in [2.05, 4.69) is 19.1 Å². The van der Waals surface area contributed by atoms with Gasteiger partial charge in [-0.1, -0.05) is 12.1 Å². The van der Waals surface area contributed by atoms with Gasteiger partial charge in [-0.15, -0.1) is 0 Å². The van der Waals surface area contributed by atoms with E-state index in [0.717, 1.165) is 29.0 Å². The number of carbonyl (C=O) groups is 1. The molecule has 4 nitrogen and oxygen atoms in total. The van der Waals surface area contributed by atoms with Crippen molar-refractivity contribution in [1.82, 2.24) is 0 Å². The van der Waals surface area contributed by atoms with E-state index >= 15 is 0 Å². The largest absolute Gasteiger partial charge is 0.480 e. The number of fused-ring (bicyclic) bond motifs is 2. The minimum atomic E-state index is -0.474. The SMILES string of the molecule is Cc1cc2c(cc1C)OC(C(=O)N1CCc3ccc(C#N)cc31)C2. The average Bonchev–Trinajstić information content (AvgIpc) is 3.17. The molecule has 0 fully saturated rings. The van der Waals surface area contributed by atoms with Crippen molar-refractivity contribution in [2.75, 3.05) is 11.4 Å². The van der Waals surface area contributed by atoms with E-state index < -0.39 is 6.10 Å². The number of amides is 1. The number of nitrogens with zero attached hydrogens (tertiary/aromatic N) is 2. The molecule has 2 aromatic carbocycles. The number of benzene rings is 2. The fraction of sp³-hybridized carbons (Fsp3) is 0.300. The van der Waals surface area contributed by atoms with Crippen molar-refractivity contribution >= 4 is 11.6 Å². The normalized spacial score (nSPS) is 17.9. The summed E-state index contributed by atoms with van der Waals surface area (Å²) >= 11 is 0. The number of hydrogen-bond donors (Lipinski definition) is 0. The van der Waals surface area contributed by atoms with E-state index in [9.17, 15) is 4.79 Å². The van der Waals surface area contributed by atoms with E-state index in [-0.39, 0.29) is 5.91 Å². The van der Waals surface area contributed by atoms with E-state index in [1.54, 1.807) is 17.0 Å². The topological polar surface area (TPSA) is 53.3 Å². The van der Waals surface area contributed by atoms with Gasteiger partial charge in [0.1, 0.15) is 5.75 Å². The molecule has 2 heterocycles. The predicted octanol–water partition coefficient (Wildman–Crippen LogP) is 3.07. The van der Waals surface area contributed by atoms with Crippen LogP contribution in [0, 0.1) is 25.2 Å². The summed E-state index contributed by atoms with van der Waals surface area (Å²) in [4.78, 5) is 14.7. The highest BCUT2D eigenvalue weighted by Gasteiger charge is 2.35. The molecule has 0 aromatic heterocycles. The maximum atomic E-state index is 13.0. The van der Waals surface area contributed by atoms with E-state index in [1.165, 1.54) is 11.1 Å². The summed E-state index contributed by atoms with van der Waals surface area (Å²) in [6.45, 7) is 4.77. The lowest BCUT2D eigenvalue weighted by atomic mass is 10.0. The van der Waals surface area contributed by atoms with Crippen LogP contribution >= 0.6 is 0 Å². The number of rotatable bonds is 1. The zero-order chi connectivity index (χ0) is 16.8. The first-order chi connectivity index (χ1) is 11.6. The van der Waals surface area contributed by atoms with Gasteiger partial charge < -0.3 is 9.64 Å². The highest BCUT2D eigenvalue weighted by atomic mass is 16.5. The maximum absolute atomic E-state index is 13.0. The lowest BCUT2D eigenvalue weighted by Crippen LogP contribution is -2.40. The van der Waals surface area contributed by atoms with Gasteiger partial charge in [0.25, 0.3) is 5.91 Å². The van der Waals surface area contributed by atoms with Crippen LogP contribution in [0.1, 0.15) is 27.8 Å². The quantitative estimate of drug-likeness (QED) is 0.812. The van der Waals surface area contributed by atoms with Crippen LogP contribution in [-0.2, 0) is 17.6 Å². The van der Waals surface area contributed by atoms with E-state index in [0.29, 0.717) is 18.5 Å². The number of hydrogen-bond acceptors (Lipinski definition) is 3. The first-order valence-corrected chi connectivity index (χ1v) is 8.18. The fourth-order valence-corrected chi connectivity index (χ4v) is 3.50. The summed E-state index contributed by atoms with van der Waals surface area (Å²) in [5, 5.41) is 9.10. The van der Waals surface area contributed by atoms with Gasteiger partial charge in [-0.3, -0.25) is 4.79 Å². The zero-order valence-corrected chi connectivity index (χ0v) is 13.8. The third-order valence-electron chi connectivity index (χ3n) is 5.00. The van der Waals surface area contributed by atoms with Gasteiger partial charge in [-0.25, -0.2) is 0 Å². The Balaban J connectivity index is 1.60. The third-order valence-corrected chi connectivity index (χ3v) is 5.00. The number of ether oxygens (including phenoxy) is 1. The lowest BCUT2D eigenvalue weighted by Gasteiger charge is -2.21. The number of carbonyl (C=O) groups excluding carboxylic acids is 1. The number of aryl methyl sites for hydroxylation is 2. The van der Waals surface area contributed by atoms with Crippen molar-refractivity contribution in [3.05, 3.63) is 58.1 Å². The Labute approximate surface area is 141 Å². The highest BCUT2D eigenvalue weighted by Crippen LogP contribution is 2.35. The summed E-state index contributed by atoms with van der Waals surface area (Å²) < 4.78 is 5.93. The standard InChI is InChI=1S/C20H18N2O2/c1-12-7-16-10-19(24-18(16)8-13(12)2)20(23)22-6-5-15-4-3-14(11-21)9-17(15)22/h3-4,7-9,19H,5-6,10H2,1-2H3. The van der Waals surface area contributed by atoms with Crippen LogP contribution < -0.4 is 9.64 Å². The predicted molar refractivity (Wildman–Crippen MR) is 91.3 cm³/mol. The van der Waals surface area contributed by atoms with Crippen molar-refractivity contribution in [3.8, 4) is 11.8 Å². The third kappa shape index (κ3) is 2.25. The maximum Gasteiger partial charge on any atom is 0.268 e. The summed E-state index contributed by atoms with van der Waals surface area (Å²) in [5.74, 6) is 0.803. The van der Waals surface area contributed by atoms with Crippen LogP contribution in [0.2, 0.25) is 0 Å². The first-order valence-electron chi connectivity index (χ1n) is 8.18. The minimum absolute atomic E-state index is 0.0182. The summed E-state index contributed by atoms with van der Waals surface area (Å²) in [5.41, 5.74) is 6.04. The molecule has 0 spiro atoms. The van der Waals surface area contributed by atoms with Gasteiger partial charge >= 0.3 is 0 Å². The molecule has 1 amide bonds. The summed E-state index contributed by atoms with van der Waals surface area (Å²) in [6.07, 6.45) is 0.960. The average molecular weight is 318 g/mol. The van der Waals surface area contributed by atoms with Gasteiger partial charge in [-0.2, -0.15) is 5.26 Å². The Kier molecular flexibility index (Phi) is 3.31. The van der Waals surface area contributed by atoms with Crippen LogP contribution in [0.4, 0.5) is 5.69 Å². The Morgan fingerprint density at radius 3 is 2.79 bits per heavy atom. The van der Waals surface area contributed by atoms with Crippen molar-refractivity contribution in [2.24, 2.45) is 0 Å². The van der Waals surface area contributed by atoms with Gasteiger partial charge in [-0.05, 0) is 60.7 Å². The second kappa shape index (κ2) is 5.38. The molecule has 0 N–H and O–H groups in total. The molecule has 4 heteroatoms. The monoisotopic (exact) mass is 318 g/mol. The number of anilines is 1. The Hall–Kier alpha value is -2.80. The molecule has 0 saturated carbocycles. The Bertz CT molecular complexity index is 864. The molecule has 0 bridgehead atoms. The van der Waals surface area contributed by atoms with Gasteiger partial charge in [0, 0.05) is 18.7 Å². The molecule has 2 aliphatic heterocycles.